The molecule has 1 heterocycles. The quantitative estimate of drug-likeness (QED) is 0.748. The first-order valence-corrected chi connectivity index (χ1v) is 10.4. The topological polar surface area (TPSA) is 75.3 Å². The zero-order chi connectivity index (χ0) is 18.9. The van der Waals surface area contributed by atoms with E-state index in [1.807, 2.05) is 6.92 Å². The molecule has 26 heavy (non-hydrogen) atoms. The molecule has 2 N–H and O–H groups in total. The second-order valence-corrected chi connectivity index (χ2v) is 9.63. The maximum Gasteiger partial charge on any atom is 0.255 e. The molecule has 1 amide bonds. The van der Waals surface area contributed by atoms with Gasteiger partial charge in [0.15, 0.2) is 9.84 Å². The summed E-state index contributed by atoms with van der Waals surface area (Å²) in [6, 6.07) is 10.1. The number of anilines is 1. The molecule has 0 aliphatic carbocycles. The van der Waals surface area contributed by atoms with Gasteiger partial charge in [0.2, 0.25) is 0 Å². The van der Waals surface area contributed by atoms with Crippen LogP contribution in [0.3, 0.4) is 0 Å². The molecule has 8 heteroatoms. The summed E-state index contributed by atoms with van der Waals surface area (Å²) < 4.78 is 38.8. The predicted molar refractivity (Wildman–Crippen MR) is 102 cm³/mol. The smallest absolute Gasteiger partial charge is 0.255 e. The van der Waals surface area contributed by atoms with Crippen LogP contribution >= 0.6 is 15.9 Å². The van der Waals surface area contributed by atoms with Crippen LogP contribution in [-0.4, -0.2) is 33.2 Å². The lowest BCUT2D eigenvalue weighted by Crippen LogP contribution is -2.54. The Labute approximate surface area is 160 Å². The molecule has 0 atom stereocenters. The molecule has 0 spiro atoms. The van der Waals surface area contributed by atoms with E-state index in [0.717, 1.165) is 0 Å². The number of hydrogen-bond donors (Lipinski definition) is 2. The highest BCUT2D eigenvalue weighted by atomic mass is 79.9. The third-order valence-electron chi connectivity index (χ3n) is 4.27. The lowest BCUT2D eigenvalue weighted by molar-refractivity contribution is 0.102. The fraction of sp³-hybridized carbons (Fsp3) is 0.278. The van der Waals surface area contributed by atoms with E-state index in [4.69, 9.17) is 0 Å². The summed E-state index contributed by atoms with van der Waals surface area (Å²) in [7, 11) is -3.50. The molecular formula is C18H18BrFN2O3S. The van der Waals surface area contributed by atoms with Crippen LogP contribution in [0.15, 0.2) is 51.8 Å². The third-order valence-corrected chi connectivity index (χ3v) is 6.93. The molecule has 0 saturated carbocycles. The Balaban J connectivity index is 1.79. The largest absolute Gasteiger partial charge is 0.322 e. The summed E-state index contributed by atoms with van der Waals surface area (Å²) in [5.41, 5.74) is 0.352. The number of carbonyl (C=O) groups excluding carboxylic acids is 1. The van der Waals surface area contributed by atoms with Crippen molar-refractivity contribution in [2.75, 3.05) is 24.2 Å². The summed E-state index contributed by atoms with van der Waals surface area (Å²) in [5, 5.41) is 5.72. The number of hydrogen-bond acceptors (Lipinski definition) is 4. The van der Waals surface area contributed by atoms with E-state index in [1.54, 1.807) is 12.1 Å². The molecule has 138 valence electrons. The number of benzene rings is 2. The molecule has 1 aliphatic heterocycles. The third kappa shape index (κ3) is 4.13. The van der Waals surface area contributed by atoms with Gasteiger partial charge < -0.3 is 10.6 Å². The fourth-order valence-electron chi connectivity index (χ4n) is 2.80. The molecule has 0 radical (unpaired) electrons. The number of amides is 1. The zero-order valence-corrected chi connectivity index (χ0v) is 16.5. The number of sulfone groups is 1. The maximum absolute atomic E-state index is 13.3. The van der Waals surface area contributed by atoms with Crippen molar-refractivity contribution in [1.82, 2.24) is 5.32 Å². The van der Waals surface area contributed by atoms with Crippen LogP contribution in [0.5, 0.6) is 0 Å². The molecule has 5 nitrogen and oxygen atoms in total. The second kappa shape index (κ2) is 7.09. The van der Waals surface area contributed by atoms with Gasteiger partial charge in [0, 0.05) is 29.8 Å². The Morgan fingerprint density at radius 3 is 2.62 bits per heavy atom. The van der Waals surface area contributed by atoms with Crippen molar-refractivity contribution in [3.05, 3.63) is 58.3 Å². The summed E-state index contributed by atoms with van der Waals surface area (Å²) in [6.45, 7) is 3.24. The van der Waals surface area contributed by atoms with E-state index < -0.39 is 21.6 Å². The highest BCUT2D eigenvalue weighted by Gasteiger charge is 2.37. The van der Waals surface area contributed by atoms with Crippen LogP contribution in [0.2, 0.25) is 0 Å². The summed E-state index contributed by atoms with van der Waals surface area (Å²) in [6.07, 6.45) is 0. The van der Waals surface area contributed by atoms with E-state index in [9.17, 15) is 17.6 Å². The number of carbonyl (C=O) groups is 1. The van der Waals surface area contributed by atoms with Crippen LogP contribution in [0.1, 0.15) is 17.3 Å². The van der Waals surface area contributed by atoms with Gasteiger partial charge in [-0.25, -0.2) is 12.8 Å². The van der Waals surface area contributed by atoms with Crippen LogP contribution in [0, 0.1) is 11.2 Å². The van der Waals surface area contributed by atoms with Gasteiger partial charge in [-0.2, -0.15) is 0 Å². The standard InChI is InChI=1S/C18H18BrFN2O3S/c1-18(9-21-10-18)11-26(24,25)14-4-2-3-12(7-14)17(23)22-13-5-6-16(20)15(19)8-13/h2-8,21H,9-11H2,1H3,(H,22,23). The van der Waals surface area contributed by atoms with Crippen molar-refractivity contribution in [2.24, 2.45) is 5.41 Å². The van der Waals surface area contributed by atoms with Gasteiger partial charge in [0.1, 0.15) is 5.82 Å². The van der Waals surface area contributed by atoms with Gasteiger partial charge in [0.25, 0.3) is 5.91 Å². The van der Waals surface area contributed by atoms with Crippen molar-refractivity contribution >= 4 is 37.4 Å². The highest BCUT2D eigenvalue weighted by molar-refractivity contribution is 9.10. The highest BCUT2D eigenvalue weighted by Crippen LogP contribution is 2.27. The van der Waals surface area contributed by atoms with Crippen LogP contribution < -0.4 is 10.6 Å². The Morgan fingerprint density at radius 1 is 1.27 bits per heavy atom. The summed E-state index contributed by atoms with van der Waals surface area (Å²) in [4.78, 5) is 12.5. The van der Waals surface area contributed by atoms with Gasteiger partial charge in [-0.15, -0.1) is 0 Å². The van der Waals surface area contributed by atoms with Crippen LogP contribution in [0.4, 0.5) is 10.1 Å². The average Bonchev–Trinajstić information content (AvgIpc) is 2.56. The SMILES string of the molecule is CC1(CS(=O)(=O)c2cccc(C(=O)Nc3ccc(F)c(Br)c3)c2)CNC1. The molecule has 2 aromatic carbocycles. The fourth-order valence-corrected chi connectivity index (χ4v) is 5.06. The molecule has 1 aliphatic rings. The van der Waals surface area contributed by atoms with E-state index in [2.05, 4.69) is 26.6 Å². The maximum atomic E-state index is 13.3. The minimum atomic E-state index is -3.50. The van der Waals surface area contributed by atoms with Crippen molar-refractivity contribution in [1.29, 1.82) is 0 Å². The number of nitrogens with one attached hydrogen (secondary N) is 2. The monoisotopic (exact) mass is 440 g/mol. The molecular weight excluding hydrogens is 423 g/mol. The molecule has 0 aromatic heterocycles. The van der Waals surface area contributed by atoms with E-state index in [0.29, 0.717) is 18.8 Å². The molecule has 1 fully saturated rings. The van der Waals surface area contributed by atoms with Crippen LogP contribution in [0.25, 0.3) is 0 Å². The molecule has 1 saturated heterocycles. The average molecular weight is 441 g/mol. The van der Waals surface area contributed by atoms with Gasteiger partial charge in [-0.1, -0.05) is 13.0 Å². The minimum Gasteiger partial charge on any atom is -0.322 e. The summed E-state index contributed by atoms with van der Waals surface area (Å²) >= 11 is 3.06. The lowest BCUT2D eigenvalue weighted by Gasteiger charge is -2.38. The Kier molecular flexibility index (Phi) is 5.18. The number of rotatable bonds is 5. The minimum absolute atomic E-state index is 0.0307. The first-order chi connectivity index (χ1) is 12.2. The van der Waals surface area contributed by atoms with Crippen LogP contribution in [-0.2, 0) is 9.84 Å². The van der Waals surface area contributed by atoms with E-state index >= 15 is 0 Å². The normalized spacial score (nSPS) is 16.0. The van der Waals surface area contributed by atoms with Crippen molar-refractivity contribution in [2.45, 2.75) is 11.8 Å². The van der Waals surface area contributed by atoms with Gasteiger partial charge in [-0.3, -0.25) is 4.79 Å². The first kappa shape index (κ1) is 19.0. The zero-order valence-electron chi connectivity index (χ0n) is 14.1. The molecule has 2 aromatic rings. The second-order valence-electron chi connectivity index (χ2n) is 6.78. The Bertz CT molecular complexity index is 959. The van der Waals surface area contributed by atoms with Crippen molar-refractivity contribution in [3.8, 4) is 0 Å². The Hall–Kier alpha value is -1.77. The molecule has 0 unspecified atom stereocenters. The lowest BCUT2D eigenvalue weighted by atomic mass is 9.87. The van der Waals surface area contributed by atoms with Gasteiger partial charge >= 0.3 is 0 Å². The van der Waals surface area contributed by atoms with Gasteiger partial charge in [0.05, 0.1) is 15.1 Å². The van der Waals surface area contributed by atoms with Crippen molar-refractivity contribution < 1.29 is 17.6 Å². The molecule has 0 bridgehead atoms. The Morgan fingerprint density at radius 2 is 2.00 bits per heavy atom. The molecule has 3 rings (SSSR count). The van der Waals surface area contributed by atoms with Gasteiger partial charge in [-0.05, 0) is 52.3 Å². The van der Waals surface area contributed by atoms with E-state index in [-0.39, 0.29) is 26.1 Å². The predicted octanol–water partition coefficient (Wildman–Crippen LogP) is 3.22. The first-order valence-electron chi connectivity index (χ1n) is 7.99. The van der Waals surface area contributed by atoms with Crippen molar-refractivity contribution in [3.63, 3.8) is 0 Å². The van der Waals surface area contributed by atoms with E-state index in [1.165, 1.54) is 30.3 Å². The number of halogens is 2. The summed E-state index contributed by atoms with van der Waals surface area (Å²) in [5.74, 6) is -0.865.